The largest absolute Gasteiger partial charge is 0.355 e. The molecule has 2 N–H and O–H groups in total. The van der Waals surface area contributed by atoms with E-state index in [0.717, 1.165) is 5.56 Å². The van der Waals surface area contributed by atoms with Crippen LogP contribution in [0.15, 0.2) is 29.2 Å². The minimum Gasteiger partial charge on any atom is -0.355 e. The Bertz CT molecular complexity index is 572. The second-order valence-corrected chi connectivity index (χ2v) is 7.67. The normalized spacial score (nSPS) is 12.2. The molecule has 0 unspecified atom stereocenters. The van der Waals surface area contributed by atoms with Crippen LogP contribution in [0.4, 0.5) is 0 Å². The highest BCUT2D eigenvalue weighted by Crippen LogP contribution is 2.13. The van der Waals surface area contributed by atoms with Crippen molar-refractivity contribution in [3.8, 4) is 0 Å². The van der Waals surface area contributed by atoms with Crippen LogP contribution >= 0.6 is 0 Å². The summed E-state index contributed by atoms with van der Waals surface area (Å²) in [6.45, 7) is 8.23. The fourth-order valence-electron chi connectivity index (χ4n) is 1.69. The third-order valence-electron chi connectivity index (χ3n) is 2.95. The lowest BCUT2D eigenvalue weighted by Gasteiger charge is -2.17. The topological polar surface area (TPSA) is 75.3 Å². The number of rotatable bonds is 6. The van der Waals surface area contributed by atoms with Gasteiger partial charge in [-0.15, -0.1) is 0 Å². The number of benzene rings is 1. The lowest BCUT2D eigenvalue weighted by molar-refractivity contribution is -0.128. The fraction of sp³-hybridized carbons (Fsp3) is 0.533. The summed E-state index contributed by atoms with van der Waals surface area (Å²) < 4.78 is 26.0. The van der Waals surface area contributed by atoms with Crippen molar-refractivity contribution < 1.29 is 13.2 Å². The monoisotopic (exact) mass is 312 g/mol. The molecule has 0 bridgehead atoms. The van der Waals surface area contributed by atoms with Gasteiger partial charge in [0.25, 0.3) is 0 Å². The molecular weight excluding hydrogens is 288 g/mol. The van der Waals surface area contributed by atoms with Crippen molar-refractivity contribution in [1.29, 1.82) is 0 Å². The van der Waals surface area contributed by atoms with E-state index >= 15 is 0 Å². The van der Waals surface area contributed by atoms with E-state index in [1.54, 1.807) is 31.2 Å². The standard InChI is InChI=1S/C15H24N2O3S/c1-5-17-21(19,20)13-8-6-12(7-9-13)10-11-16-14(18)15(2,3)4/h6-9,17H,5,10-11H2,1-4H3,(H,16,18). The summed E-state index contributed by atoms with van der Waals surface area (Å²) in [5.41, 5.74) is 0.587. The highest BCUT2D eigenvalue weighted by molar-refractivity contribution is 7.89. The number of carbonyl (C=O) groups excluding carboxylic acids is 1. The number of nitrogens with one attached hydrogen (secondary N) is 2. The van der Waals surface area contributed by atoms with Crippen LogP contribution in [0.2, 0.25) is 0 Å². The van der Waals surface area contributed by atoms with Crippen molar-refractivity contribution in [3.05, 3.63) is 29.8 Å². The average Bonchev–Trinajstić information content (AvgIpc) is 2.38. The van der Waals surface area contributed by atoms with E-state index in [4.69, 9.17) is 0 Å². The first-order chi connectivity index (χ1) is 9.66. The lowest BCUT2D eigenvalue weighted by Crippen LogP contribution is -2.35. The molecule has 21 heavy (non-hydrogen) atoms. The summed E-state index contributed by atoms with van der Waals surface area (Å²) in [4.78, 5) is 12.0. The predicted octanol–water partition coefficient (Wildman–Crippen LogP) is 1.69. The Labute approximate surface area is 127 Å². The Morgan fingerprint density at radius 1 is 1.14 bits per heavy atom. The molecule has 6 heteroatoms. The van der Waals surface area contributed by atoms with Crippen LogP contribution in [0.3, 0.4) is 0 Å². The maximum Gasteiger partial charge on any atom is 0.240 e. The lowest BCUT2D eigenvalue weighted by atomic mass is 9.95. The van der Waals surface area contributed by atoms with Crippen LogP contribution in [-0.4, -0.2) is 27.4 Å². The van der Waals surface area contributed by atoms with Gasteiger partial charge in [0.1, 0.15) is 0 Å². The van der Waals surface area contributed by atoms with Crippen molar-refractivity contribution >= 4 is 15.9 Å². The maximum atomic E-state index is 11.8. The Kier molecular flexibility index (Phi) is 5.92. The molecule has 0 aliphatic rings. The Morgan fingerprint density at radius 3 is 2.19 bits per heavy atom. The quantitative estimate of drug-likeness (QED) is 0.839. The molecule has 0 fully saturated rings. The summed E-state index contributed by atoms with van der Waals surface area (Å²) in [6, 6.07) is 6.71. The minimum absolute atomic E-state index is 0.00819. The summed E-state index contributed by atoms with van der Waals surface area (Å²) in [7, 11) is -3.40. The zero-order valence-corrected chi connectivity index (χ0v) is 13.9. The van der Waals surface area contributed by atoms with E-state index < -0.39 is 15.4 Å². The first-order valence-corrected chi connectivity index (χ1v) is 8.52. The maximum absolute atomic E-state index is 11.8. The van der Waals surface area contributed by atoms with Gasteiger partial charge in [0, 0.05) is 18.5 Å². The molecule has 0 heterocycles. The summed E-state index contributed by atoms with van der Waals surface area (Å²) in [6.07, 6.45) is 0.670. The number of carbonyl (C=O) groups is 1. The molecule has 1 amide bonds. The van der Waals surface area contributed by atoms with Gasteiger partial charge in [-0.3, -0.25) is 4.79 Å². The SMILES string of the molecule is CCNS(=O)(=O)c1ccc(CCNC(=O)C(C)(C)C)cc1. The molecule has 0 saturated carbocycles. The van der Waals surface area contributed by atoms with Gasteiger partial charge in [-0.05, 0) is 24.1 Å². The zero-order chi connectivity index (χ0) is 16.1. The van der Waals surface area contributed by atoms with E-state index in [-0.39, 0.29) is 10.8 Å². The van der Waals surface area contributed by atoms with Crippen molar-refractivity contribution in [2.75, 3.05) is 13.1 Å². The smallest absolute Gasteiger partial charge is 0.240 e. The Hall–Kier alpha value is -1.40. The Morgan fingerprint density at radius 2 is 1.71 bits per heavy atom. The molecule has 0 radical (unpaired) electrons. The number of hydrogen-bond acceptors (Lipinski definition) is 3. The third-order valence-corrected chi connectivity index (χ3v) is 4.51. The predicted molar refractivity (Wildman–Crippen MR) is 83.5 cm³/mol. The minimum atomic E-state index is -3.40. The summed E-state index contributed by atoms with van der Waals surface area (Å²) in [5, 5.41) is 2.87. The highest BCUT2D eigenvalue weighted by atomic mass is 32.2. The molecule has 0 aliphatic carbocycles. The zero-order valence-electron chi connectivity index (χ0n) is 13.1. The van der Waals surface area contributed by atoms with Gasteiger partial charge in [0.2, 0.25) is 15.9 Å². The molecule has 0 atom stereocenters. The second kappa shape index (κ2) is 7.04. The van der Waals surface area contributed by atoms with Crippen molar-refractivity contribution in [1.82, 2.24) is 10.0 Å². The molecule has 0 spiro atoms. The van der Waals surface area contributed by atoms with Crippen LogP contribution in [0.5, 0.6) is 0 Å². The van der Waals surface area contributed by atoms with E-state index in [1.165, 1.54) is 0 Å². The first kappa shape index (κ1) is 17.7. The van der Waals surface area contributed by atoms with Gasteiger partial charge in [-0.2, -0.15) is 0 Å². The molecular formula is C15H24N2O3S. The fourth-order valence-corrected chi connectivity index (χ4v) is 2.74. The third kappa shape index (κ3) is 5.47. The Balaban J connectivity index is 2.58. The van der Waals surface area contributed by atoms with Gasteiger partial charge >= 0.3 is 0 Å². The molecule has 0 saturated heterocycles. The molecule has 0 aliphatic heterocycles. The van der Waals surface area contributed by atoms with Gasteiger partial charge < -0.3 is 5.32 Å². The van der Waals surface area contributed by atoms with Crippen LogP contribution in [0.1, 0.15) is 33.3 Å². The van der Waals surface area contributed by atoms with Gasteiger partial charge in [0.15, 0.2) is 0 Å². The first-order valence-electron chi connectivity index (χ1n) is 7.03. The summed E-state index contributed by atoms with van der Waals surface area (Å²) >= 11 is 0. The van der Waals surface area contributed by atoms with E-state index in [0.29, 0.717) is 19.5 Å². The van der Waals surface area contributed by atoms with E-state index in [2.05, 4.69) is 10.0 Å². The molecule has 1 rings (SSSR count). The van der Waals surface area contributed by atoms with Crippen molar-refractivity contribution in [3.63, 3.8) is 0 Å². The summed E-state index contributed by atoms with van der Waals surface area (Å²) in [5.74, 6) is 0.00819. The van der Waals surface area contributed by atoms with Gasteiger partial charge in [0.05, 0.1) is 4.90 Å². The van der Waals surface area contributed by atoms with Crippen molar-refractivity contribution in [2.24, 2.45) is 5.41 Å². The molecule has 1 aromatic rings. The second-order valence-electron chi connectivity index (χ2n) is 5.90. The number of hydrogen-bond donors (Lipinski definition) is 2. The van der Waals surface area contributed by atoms with Crippen LogP contribution in [0, 0.1) is 5.41 Å². The highest BCUT2D eigenvalue weighted by Gasteiger charge is 2.20. The van der Waals surface area contributed by atoms with Gasteiger partial charge in [-0.1, -0.05) is 39.8 Å². The number of sulfonamides is 1. The van der Waals surface area contributed by atoms with Crippen LogP contribution in [-0.2, 0) is 21.2 Å². The van der Waals surface area contributed by atoms with E-state index in [9.17, 15) is 13.2 Å². The van der Waals surface area contributed by atoms with Crippen LogP contribution < -0.4 is 10.0 Å². The molecule has 1 aromatic carbocycles. The van der Waals surface area contributed by atoms with Crippen LogP contribution in [0.25, 0.3) is 0 Å². The number of amides is 1. The molecule has 5 nitrogen and oxygen atoms in total. The van der Waals surface area contributed by atoms with E-state index in [1.807, 2.05) is 20.8 Å². The molecule has 0 aromatic heterocycles. The average molecular weight is 312 g/mol. The molecule has 118 valence electrons. The van der Waals surface area contributed by atoms with Gasteiger partial charge in [-0.25, -0.2) is 13.1 Å². The van der Waals surface area contributed by atoms with Crippen molar-refractivity contribution in [2.45, 2.75) is 39.0 Å².